The van der Waals surface area contributed by atoms with Crippen LogP contribution in [0, 0.1) is 0 Å². The van der Waals surface area contributed by atoms with Crippen molar-refractivity contribution in [1.82, 2.24) is 0 Å². The van der Waals surface area contributed by atoms with Crippen molar-refractivity contribution in [3.05, 3.63) is 11.3 Å². The van der Waals surface area contributed by atoms with E-state index < -0.39 is 33.8 Å². The molecule has 16 heavy (non-hydrogen) atoms. The Balaban J connectivity index is 3.00. The van der Waals surface area contributed by atoms with E-state index in [1.54, 1.807) is 0 Å². The first-order valence-electron chi connectivity index (χ1n) is 4.11. The van der Waals surface area contributed by atoms with Crippen LogP contribution in [0.15, 0.2) is 11.3 Å². The van der Waals surface area contributed by atoms with E-state index in [0.29, 0.717) is 0 Å². The molecular weight excluding hydrogens is 253 g/mol. The fraction of sp³-hybridized carbons (Fsp3) is 0.714. The summed E-state index contributed by atoms with van der Waals surface area (Å²) >= 11 is 0. The minimum atomic E-state index is -5.72. The second kappa shape index (κ2) is 3.90. The lowest BCUT2D eigenvalue weighted by Crippen LogP contribution is -2.27. The number of halogens is 3. The van der Waals surface area contributed by atoms with Crippen LogP contribution >= 0.6 is 0 Å². The average molecular weight is 262 g/mol. The van der Waals surface area contributed by atoms with Crippen LogP contribution in [0.3, 0.4) is 0 Å². The summed E-state index contributed by atoms with van der Waals surface area (Å²) in [6, 6.07) is 0. The molecule has 0 fully saturated rings. The van der Waals surface area contributed by atoms with Crippen molar-refractivity contribution in [2.75, 3.05) is 0 Å². The van der Waals surface area contributed by atoms with E-state index >= 15 is 0 Å². The van der Waals surface area contributed by atoms with Crippen molar-refractivity contribution in [3.8, 4) is 0 Å². The highest BCUT2D eigenvalue weighted by Gasteiger charge is 2.50. The minimum Gasteiger partial charge on any atom is -0.378 e. The van der Waals surface area contributed by atoms with Gasteiger partial charge < -0.3 is 14.0 Å². The summed E-state index contributed by atoms with van der Waals surface area (Å²) in [6.07, 6.45) is -2.50. The van der Waals surface area contributed by atoms with Crippen LogP contribution in [-0.2, 0) is 19.0 Å². The Bertz CT molecular complexity index is 410. The Hall–Kier alpha value is -0.800. The molecule has 0 spiro atoms. The van der Waals surface area contributed by atoms with Crippen molar-refractivity contribution < 1.29 is 35.6 Å². The first-order chi connectivity index (χ1) is 7.06. The summed E-state index contributed by atoms with van der Waals surface area (Å²) in [6.45, 7) is 2.48. The van der Waals surface area contributed by atoms with Gasteiger partial charge in [0.15, 0.2) is 12.0 Å². The summed E-state index contributed by atoms with van der Waals surface area (Å²) < 4.78 is 65.9. The molecule has 5 nitrogen and oxygen atoms in total. The average Bonchev–Trinajstić information content (AvgIpc) is 2.30. The minimum absolute atomic E-state index is 0.0969. The Labute approximate surface area is 89.6 Å². The lowest BCUT2D eigenvalue weighted by atomic mass is 10.2. The van der Waals surface area contributed by atoms with E-state index in [0.717, 1.165) is 0 Å². The van der Waals surface area contributed by atoms with Crippen molar-refractivity contribution in [2.45, 2.75) is 31.7 Å². The third-order valence-electron chi connectivity index (χ3n) is 1.94. The first kappa shape index (κ1) is 13.3. The summed E-state index contributed by atoms with van der Waals surface area (Å²) in [5.41, 5.74) is -5.60. The molecule has 0 saturated heterocycles. The molecule has 1 rings (SSSR count). The van der Waals surface area contributed by atoms with Gasteiger partial charge in [0.2, 0.25) is 0 Å². The largest absolute Gasteiger partial charge is 0.534 e. The number of hydrogen-bond donors (Lipinski definition) is 1. The van der Waals surface area contributed by atoms with Gasteiger partial charge in [-0.15, -0.1) is 0 Å². The molecule has 0 aromatic heterocycles. The second-order valence-electron chi connectivity index (χ2n) is 3.16. The van der Waals surface area contributed by atoms with Gasteiger partial charge in [-0.2, -0.15) is 21.6 Å². The molecular formula is C7H9F3O5S. The third kappa shape index (κ3) is 2.30. The first-order valence-corrected chi connectivity index (χ1v) is 5.52. The van der Waals surface area contributed by atoms with E-state index in [1.165, 1.54) is 13.8 Å². The summed E-state index contributed by atoms with van der Waals surface area (Å²) in [7, 11) is -5.72. The zero-order valence-corrected chi connectivity index (χ0v) is 9.09. The molecule has 0 aromatic rings. The molecule has 94 valence electrons. The van der Waals surface area contributed by atoms with Gasteiger partial charge in [-0.25, -0.2) is 0 Å². The molecule has 1 aliphatic rings. The molecule has 1 N–H and O–H groups in total. The maximum atomic E-state index is 12.0. The van der Waals surface area contributed by atoms with Gasteiger partial charge in [0.05, 0.1) is 0 Å². The smallest absolute Gasteiger partial charge is 0.378 e. The van der Waals surface area contributed by atoms with Crippen molar-refractivity contribution in [2.24, 2.45) is 0 Å². The molecule has 2 unspecified atom stereocenters. The van der Waals surface area contributed by atoms with E-state index in [4.69, 9.17) is 5.11 Å². The van der Waals surface area contributed by atoms with Crippen LogP contribution < -0.4 is 0 Å². The van der Waals surface area contributed by atoms with Gasteiger partial charge in [0, 0.05) is 5.57 Å². The zero-order valence-electron chi connectivity index (χ0n) is 8.28. The molecule has 0 amide bonds. The van der Waals surface area contributed by atoms with Crippen molar-refractivity contribution in [3.63, 3.8) is 0 Å². The molecule has 2 atom stereocenters. The van der Waals surface area contributed by atoms with Gasteiger partial charge in [0.1, 0.15) is 6.10 Å². The van der Waals surface area contributed by atoms with Gasteiger partial charge in [-0.05, 0) is 13.8 Å². The summed E-state index contributed by atoms with van der Waals surface area (Å²) in [5.74, 6) is -0.537. The van der Waals surface area contributed by atoms with E-state index in [9.17, 15) is 21.6 Å². The lowest BCUT2D eigenvalue weighted by Gasteiger charge is -2.12. The topological polar surface area (TPSA) is 72.8 Å². The van der Waals surface area contributed by atoms with Crippen LogP contribution in [0.2, 0.25) is 0 Å². The van der Waals surface area contributed by atoms with E-state index in [1.807, 2.05) is 0 Å². The highest BCUT2D eigenvalue weighted by atomic mass is 32.2. The predicted molar refractivity (Wildman–Crippen MR) is 45.3 cm³/mol. The monoisotopic (exact) mass is 262 g/mol. The van der Waals surface area contributed by atoms with Crippen LogP contribution in [0.4, 0.5) is 13.2 Å². The molecule has 1 aliphatic heterocycles. The number of ether oxygens (including phenoxy) is 1. The normalized spacial score (nSPS) is 27.4. The van der Waals surface area contributed by atoms with E-state index in [-0.39, 0.29) is 5.57 Å². The highest BCUT2D eigenvalue weighted by molar-refractivity contribution is 7.87. The Morgan fingerprint density at radius 1 is 1.44 bits per heavy atom. The van der Waals surface area contributed by atoms with Gasteiger partial charge in [-0.3, -0.25) is 0 Å². The summed E-state index contributed by atoms with van der Waals surface area (Å²) in [5, 5.41) is 9.10. The molecule has 0 aliphatic carbocycles. The van der Waals surface area contributed by atoms with Crippen LogP contribution in [0.1, 0.15) is 13.8 Å². The highest BCUT2D eigenvalue weighted by Crippen LogP contribution is 2.32. The van der Waals surface area contributed by atoms with Gasteiger partial charge in [-0.1, -0.05) is 0 Å². The Morgan fingerprint density at radius 3 is 2.25 bits per heavy atom. The Morgan fingerprint density at radius 2 is 1.94 bits per heavy atom. The SMILES string of the molecule is CC1=C(OS(=O)(=O)C(F)(F)F)C(C)OC1O. The molecule has 0 saturated carbocycles. The molecule has 0 bridgehead atoms. The van der Waals surface area contributed by atoms with Gasteiger partial charge >= 0.3 is 15.6 Å². The van der Waals surface area contributed by atoms with Crippen molar-refractivity contribution >= 4 is 10.1 Å². The van der Waals surface area contributed by atoms with Crippen molar-refractivity contribution in [1.29, 1.82) is 0 Å². The molecule has 1 heterocycles. The predicted octanol–water partition coefficient (Wildman–Crippen LogP) is 0.864. The molecule has 9 heteroatoms. The number of aliphatic hydroxyl groups excluding tert-OH is 1. The standard InChI is InChI=1S/C7H9F3O5S/c1-3-5(4(2)14-6(3)11)15-16(12,13)7(8,9)10/h4,6,11H,1-2H3. The number of rotatable bonds is 2. The fourth-order valence-electron chi connectivity index (χ4n) is 1.10. The number of hydrogen-bond acceptors (Lipinski definition) is 5. The van der Waals surface area contributed by atoms with E-state index in [2.05, 4.69) is 8.92 Å². The van der Waals surface area contributed by atoms with Crippen LogP contribution in [-0.4, -0.2) is 31.4 Å². The fourth-order valence-corrected chi connectivity index (χ4v) is 1.70. The van der Waals surface area contributed by atoms with Crippen LogP contribution in [0.25, 0.3) is 0 Å². The van der Waals surface area contributed by atoms with Gasteiger partial charge in [0.25, 0.3) is 0 Å². The molecule has 0 radical (unpaired) electrons. The lowest BCUT2D eigenvalue weighted by molar-refractivity contribution is -0.0798. The zero-order chi connectivity index (χ0) is 12.7. The van der Waals surface area contributed by atoms with Crippen LogP contribution in [0.5, 0.6) is 0 Å². The number of aliphatic hydroxyl groups is 1. The third-order valence-corrected chi connectivity index (χ3v) is 2.91. The molecule has 0 aromatic carbocycles. The quantitative estimate of drug-likeness (QED) is 0.590. The maximum Gasteiger partial charge on any atom is 0.534 e. The number of alkyl halides is 3. The second-order valence-corrected chi connectivity index (χ2v) is 4.70. The summed E-state index contributed by atoms with van der Waals surface area (Å²) in [4.78, 5) is 0. The Kier molecular flexibility index (Phi) is 3.23. The maximum absolute atomic E-state index is 12.0.